The van der Waals surface area contributed by atoms with Crippen LogP contribution < -0.4 is 16.0 Å². The summed E-state index contributed by atoms with van der Waals surface area (Å²) >= 11 is 0. The number of furan rings is 1. The van der Waals surface area contributed by atoms with E-state index < -0.39 is 0 Å². The minimum atomic E-state index is -0.332. The van der Waals surface area contributed by atoms with Crippen molar-refractivity contribution in [2.45, 2.75) is 32.2 Å². The molecule has 1 aliphatic rings. The molecule has 0 spiro atoms. The predicted octanol–water partition coefficient (Wildman–Crippen LogP) is 5.21. The Kier molecular flexibility index (Phi) is 5.37. The summed E-state index contributed by atoms with van der Waals surface area (Å²) < 4.78 is 5.19. The fraction of sp³-hybridized carbons (Fsp3) is 0.200. The summed E-state index contributed by atoms with van der Waals surface area (Å²) in [6, 6.07) is 16.0. The van der Waals surface area contributed by atoms with Crippen LogP contribution in [0, 0.1) is 0 Å². The normalized spacial score (nSPS) is 12.9. The number of urea groups is 1. The molecule has 0 saturated heterocycles. The van der Waals surface area contributed by atoms with Gasteiger partial charge < -0.3 is 25.4 Å². The Morgan fingerprint density at radius 2 is 1.72 bits per heavy atom. The van der Waals surface area contributed by atoms with E-state index in [1.165, 1.54) is 24.1 Å². The quantitative estimate of drug-likeness (QED) is 0.351. The number of nitrogens with one attached hydrogen (secondary N) is 4. The molecule has 2 heterocycles. The Bertz CT molecular complexity index is 1260. The molecule has 162 valence electrons. The lowest BCUT2D eigenvalue weighted by molar-refractivity contribution is 0.102. The number of hydrogen-bond acceptors (Lipinski definition) is 3. The molecule has 3 amide bonds. The summed E-state index contributed by atoms with van der Waals surface area (Å²) in [5.41, 5.74) is 5.66. The van der Waals surface area contributed by atoms with E-state index in [4.69, 9.17) is 4.42 Å². The van der Waals surface area contributed by atoms with E-state index in [0.717, 1.165) is 23.7 Å². The SMILES string of the molecule is O=C(NCc1ccco1)Nc1ccc(NC(=O)c2ccc3[nH]c4c(c3c2)CCCC4)cc1. The maximum atomic E-state index is 12.8. The first kappa shape index (κ1) is 19.9. The lowest BCUT2D eigenvalue weighted by Gasteiger charge is -2.11. The van der Waals surface area contributed by atoms with Crippen molar-refractivity contribution in [2.75, 3.05) is 10.6 Å². The van der Waals surface area contributed by atoms with Crippen molar-refractivity contribution in [3.05, 3.63) is 83.4 Å². The number of aromatic nitrogens is 1. The highest BCUT2D eigenvalue weighted by molar-refractivity contribution is 6.06. The number of benzene rings is 2. The van der Waals surface area contributed by atoms with Crippen LogP contribution in [0.3, 0.4) is 0 Å². The average molecular weight is 428 g/mol. The van der Waals surface area contributed by atoms with Crippen LogP contribution in [0.4, 0.5) is 16.2 Å². The van der Waals surface area contributed by atoms with Gasteiger partial charge in [-0.25, -0.2) is 4.79 Å². The molecule has 0 radical (unpaired) electrons. The molecule has 7 nitrogen and oxygen atoms in total. The van der Waals surface area contributed by atoms with E-state index in [2.05, 4.69) is 20.9 Å². The third-order valence-corrected chi connectivity index (χ3v) is 5.76. The molecule has 5 rings (SSSR count). The summed E-state index contributed by atoms with van der Waals surface area (Å²) in [6.07, 6.45) is 6.10. The van der Waals surface area contributed by atoms with E-state index >= 15 is 0 Å². The highest BCUT2D eigenvalue weighted by atomic mass is 16.3. The molecule has 4 N–H and O–H groups in total. The van der Waals surface area contributed by atoms with Gasteiger partial charge >= 0.3 is 6.03 Å². The van der Waals surface area contributed by atoms with Crippen molar-refractivity contribution in [3.8, 4) is 0 Å². The molecule has 4 aromatic rings. The molecule has 0 fully saturated rings. The second-order valence-corrected chi connectivity index (χ2v) is 7.97. The summed E-state index contributed by atoms with van der Waals surface area (Å²) in [4.78, 5) is 28.3. The van der Waals surface area contributed by atoms with Gasteiger partial charge in [-0.1, -0.05) is 0 Å². The molecule has 2 aromatic heterocycles. The minimum Gasteiger partial charge on any atom is -0.467 e. The van der Waals surface area contributed by atoms with E-state index in [9.17, 15) is 9.59 Å². The number of aryl methyl sites for hydroxylation is 2. The zero-order valence-electron chi connectivity index (χ0n) is 17.5. The summed E-state index contributed by atoms with van der Waals surface area (Å²) in [6.45, 7) is 0.307. The molecular weight excluding hydrogens is 404 g/mol. The van der Waals surface area contributed by atoms with E-state index in [0.29, 0.717) is 29.2 Å². The highest BCUT2D eigenvalue weighted by Crippen LogP contribution is 2.30. The van der Waals surface area contributed by atoms with Crippen LogP contribution in [-0.4, -0.2) is 16.9 Å². The monoisotopic (exact) mass is 428 g/mol. The molecular formula is C25H24N4O3. The summed E-state index contributed by atoms with van der Waals surface area (Å²) in [7, 11) is 0. The van der Waals surface area contributed by atoms with Crippen molar-refractivity contribution < 1.29 is 14.0 Å². The van der Waals surface area contributed by atoms with Gasteiger partial charge in [0.15, 0.2) is 0 Å². The molecule has 0 aliphatic heterocycles. The van der Waals surface area contributed by atoms with Crippen LogP contribution in [0.25, 0.3) is 10.9 Å². The lowest BCUT2D eigenvalue weighted by atomic mass is 9.95. The number of carbonyl (C=O) groups is 2. The highest BCUT2D eigenvalue weighted by Gasteiger charge is 2.17. The molecule has 1 aliphatic carbocycles. The molecule has 7 heteroatoms. The number of aromatic amines is 1. The summed E-state index contributed by atoms with van der Waals surface area (Å²) in [5.74, 6) is 0.520. The molecule has 0 unspecified atom stereocenters. The fourth-order valence-corrected chi connectivity index (χ4v) is 4.14. The molecule has 0 bridgehead atoms. The minimum absolute atomic E-state index is 0.158. The number of rotatable bonds is 5. The molecule has 0 atom stereocenters. The Labute approximate surface area is 185 Å². The van der Waals surface area contributed by atoms with Gasteiger partial charge in [0.25, 0.3) is 5.91 Å². The van der Waals surface area contributed by atoms with Crippen molar-refractivity contribution in [1.82, 2.24) is 10.3 Å². The second-order valence-electron chi connectivity index (χ2n) is 7.97. The Hall–Kier alpha value is -4.00. The largest absolute Gasteiger partial charge is 0.467 e. The third kappa shape index (κ3) is 4.23. The van der Waals surface area contributed by atoms with Crippen molar-refractivity contribution in [3.63, 3.8) is 0 Å². The third-order valence-electron chi connectivity index (χ3n) is 5.76. The van der Waals surface area contributed by atoms with E-state index in [1.807, 2.05) is 18.2 Å². The second kappa shape index (κ2) is 8.63. The standard InChI is InChI=1S/C25H24N4O3/c30-24(16-7-12-23-21(14-16)20-5-1-2-6-22(20)29-23)27-17-8-10-18(11-9-17)28-25(31)26-15-19-4-3-13-32-19/h3-4,7-14,29H,1-2,5-6,15H2,(H,27,30)(H2,26,28,31). The molecule has 32 heavy (non-hydrogen) atoms. The maximum Gasteiger partial charge on any atom is 0.319 e. The van der Waals surface area contributed by atoms with Gasteiger partial charge in [0.2, 0.25) is 0 Å². The number of carbonyl (C=O) groups excluding carboxylic acids is 2. The van der Waals surface area contributed by atoms with Crippen molar-refractivity contribution in [1.29, 1.82) is 0 Å². The van der Waals surface area contributed by atoms with Crippen LogP contribution in [0.5, 0.6) is 0 Å². The predicted molar refractivity (Wildman–Crippen MR) is 124 cm³/mol. The Balaban J connectivity index is 1.21. The van der Waals surface area contributed by atoms with Gasteiger partial charge in [-0.2, -0.15) is 0 Å². The van der Waals surface area contributed by atoms with Crippen LogP contribution in [0.15, 0.2) is 65.3 Å². The maximum absolute atomic E-state index is 12.8. The average Bonchev–Trinajstić information content (AvgIpc) is 3.46. The van der Waals surface area contributed by atoms with Gasteiger partial charge in [0, 0.05) is 33.5 Å². The first-order valence-corrected chi connectivity index (χ1v) is 10.8. The number of amides is 3. The molecule has 2 aromatic carbocycles. The Morgan fingerprint density at radius 3 is 2.50 bits per heavy atom. The van der Waals surface area contributed by atoms with Gasteiger partial charge in [-0.3, -0.25) is 4.79 Å². The van der Waals surface area contributed by atoms with Gasteiger partial charge in [-0.15, -0.1) is 0 Å². The van der Waals surface area contributed by atoms with E-state index in [1.54, 1.807) is 42.7 Å². The van der Waals surface area contributed by atoms with Crippen molar-refractivity contribution in [2.24, 2.45) is 0 Å². The zero-order valence-corrected chi connectivity index (χ0v) is 17.5. The number of anilines is 2. The first-order chi connectivity index (χ1) is 15.7. The van der Waals surface area contributed by atoms with Crippen LogP contribution in [-0.2, 0) is 19.4 Å². The van der Waals surface area contributed by atoms with Crippen LogP contribution in [0.2, 0.25) is 0 Å². The van der Waals surface area contributed by atoms with Crippen LogP contribution in [0.1, 0.15) is 40.2 Å². The first-order valence-electron chi connectivity index (χ1n) is 10.8. The van der Waals surface area contributed by atoms with Crippen LogP contribution >= 0.6 is 0 Å². The van der Waals surface area contributed by atoms with Gasteiger partial charge in [0.05, 0.1) is 12.8 Å². The topological polar surface area (TPSA) is 99.2 Å². The Morgan fingerprint density at radius 1 is 0.938 bits per heavy atom. The summed E-state index contributed by atoms with van der Waals surface area (Å²) in [5, 5.41) is 9.55. The van der Waals surface area contributed by atoms with Gasteiger partial charge in [0.1, 0.15) is 5.76 Å². The smallest absolute Gasteiger partial charge is 0.319 e. The zero-order chi connectivity index (χ0) is 21.9. The lowest BCUT2D eigenvalue weighted by Crippen LogP contribution is -2.27. The molecule has 0 saturated carbocycles. The van der Waals surface area contributed by atoms with Crippen molar-refractivity contribution >= 4 is 34.2 Å². The number of hydrogen-bond donors (Lipinski definition) is 4. The fourth-order valence-electron chi connectivity index (χ4n) is 4.14. The van der Waals surface area contributed by atoms with E-state index in [-0.39, 0.29) is 11.9 Å². The number of fused-ring (bicyclic) bond motifs is 3. The number of H-pyrrole nitrogens is 1. The van der Waals surface area contributed by atoms with Gasteiger partial charge in [-0.05, 0) is 85.8 Å².